The first-order chi connectivity index (χ1) is 8.83. The summed E-state index contributed by atoms with van der Waals surface area (Å²) < 4.78 is 0. The van der Waals surface area contributed by atoms with Crippen LogP contribution in [0, 0.1) is 0 Å². The second-order valence-electron chi connectivity index (χ2n) is 5.29. The van der Waals surface area contributed by atoms with Crippen LogP contribution in [0.2, 0.25) is 0 Å². The van der Waals surface area contributed by atoms with Gasteiger partial charge >= 0.3 is 0 Å². The Balaban J connectivity index is 1.93. The zero-order valence-corrected chi connectivity index (χ0v) is 11.4. The number of oxime groups is 1. The number of rotatable bonds is 8. The average Bonchev–Trinajstić information content (AvgIpc) is 2.62. The predicted molar refractivity (Wildman–Crippen MR) is 72.4 cm³/mol. The molecule has 18 heavy (non-hydrogen) atoms. The van der Waals surface area contributed by atoms with E-state index < -0.39 is 0 Å². The van der Waals surface area contributed by atoms with E-state index in [1.807, 2.05) is 0 Å². The van der Waals surface area contributed by atoms with Gasteiger partial charge in [-0.3, -0.25) is 4.79 Å². The van der Waals surface area contributed by atoms with Gasteiger partial charge in [0, 0.05) is 6.42 Å². The molecule has 4 nitrogen and oxygen atoms in total. The highest BCUT2D eigenvalue weighted by Gasteiger charge is 2.11. The topological polar surface area (TPSA) is 54.1 Å². The molecule has 0 radical (unpaired) electrons. The van der Waals surface area contributed by atoms with Crippen molar-refractivity contribution in [1.82, 2.24) is 0 Å². The fourth-order valence-electron chi connectivity index (χ4n) is 2.64. The van der Waals surface area contributed by atoms with Crippen LogP contribution in [0.3, 0.4) is 0 Å². The molecular weight excluding hydrogens is 228 g/mol. The lowest BCUT2D eigenvalue weighted by atomic mass is 10.1. The minimum atomic E-state index is -0.0735. The van der Waals surface area contributed by atoms with Crippen molar-refractivity contribution in [2.75, 3.05) is 19.6 Å². The Labute approximate surface area is 110 Å². The summed E-state index contributed by atoms with van der Waals surface area (Å²) >= 11 is 0. The third-order valence-corrected chi connectivity index (χ3v) is 3.72. The van der Waals surface area contributed by atoms with Crippen molar-refractivity contribution >= 4 is 12.0 Å². The van der Waals surface area contributed by atoms with Gasteiger partial charge in [0.15, 0.2) is 5.78 Å². The largest absolute Gasteiger partial charge is 0.411 e. The van der Waals surface area contributed by atoms with Crippen LogP contribution in [0.5, 0.6) is 0 Å². The molecule has 0 spiro atoms. The van der Waals surface area contributed by atoms with E-state index in [0.717, 1.165) is 19.1 Å². The number of carbonyl (C=O) groups excluding carboxylic acids is 1. The first kappa shape index (κ1) is 15.2. The van der Waals surface area contributed by atoms with Crippen molar-refractivity contribution in [3.8, 4) is 0 Å². The summed E-state index contributed by atoms with van der Waals surface area (Å²) in [6.45, 7) is 4.00. The van der Waals surface area contributed by atoms with Gasteiger partial charge in [0.25, 0.3) is 0 Å². The summed E-state index contributed by atoms with van der Waals surface area (Å²) in [5, 5.41) is 10.9. The van der Waals surface area contributed by atoms with Crippen molar-refractivity contribution in [2.45, 2.75) is 57.8 Å². The molecule has 104 valence electrons. The van der Waals surface area contributed by atoms with Crippen LogP contribution >= 0.6 is 0 Å². The van der Waals surface area contributed by atoms with E-state index in [1.165, 1.54) is 58.2 Å². The van der Waals surface area contributed by atoms with Crippen LogP contribution in [0.25, 0.3) is 0 Å². The number of hydrogen-bond donors (Lipinski definition) is 2. The summed E-state index contributed by atoms with van der Waals surface area (Å²) in [5.41, 5.74) is 0. The van der Waals surface area contributed by atoms with Crippen LogP contribution in [0.4, 0.5) is 0 Å². The van der Waals surface area contributed by atoms with Crippen molar-refractivity contribution in [1.29, 1.82) is 0 Å². The number of ketones is 1. The maximum absolute atomic E-state index is 11.0. The maximum Gasteiger partial charge on any atom is 0.177 e. The predicted octanol–water partition coefficient (Wildman–Crippen LogP) is 1.42. The van der Waals surface area contributed by atoms with Gasteiger partial charge in [0.2, 0.25) is 0 Å². The molecule has 0 aromatic heterocycles. The molecule has 1 aliphatic rings. The lowest BCUT2D eigenvalue weighted by Gasteiger charge is -2.16. The fourth-order valence-corrected chi connectivity index (χ4v) is 2.64. The molecule has 2 N–H and O–H groups in total. The second-order valence-corrected chi connectivity index (χ2v) is 5.29. The molecule has 1 aliphatic heterocycles. The van der Waals surface area contributed by atoms with E-state index in [4.69, 9.17) is 5.21 Å². The van der Waals surface area contributed by atoms with Gasteiger partial charge in [-0.2, -0.15) is 0 Å². The number of carbonyl (C=O) groups is 1. The van der Waals surface area contributed by atoms with Crippen molar-refractivity contribution in [2.24, 2.45) is 5.16 Å². The first-order valence-electron chi connectivity index (χ1n) is 7.37. The number of likely N-dealkylation sites (tertiary alicyclic amines) is 1. The summed E-state index contributed by atoms with van der Waals surface area (Å²) in [5.74, 6) is -0.0735. The molecule has 0 amide bonds. The third kappa shape index (κ3) is 7.43. The standard InChI is InChI=1S/C14H26N2O2/c17-14(13-15-18)9-5-1-2-6-10-16-11-7-3-4-8-12-16/h13,18H,1-12H2/p+1/b15-13+. The third-order valence-electron chi connectivity index (χ3n) is 3.72. The number of Topliss-reactive ketones (excluding diaryl/α,β-unsaturated/α-hetero) is 1. The Kier molecular flexibility index (Phi) is 8.47. The molecule has 1 saturated heterocycles. The SMILES string of the molecule is O=C(/C=N/O)CCCCCC[NH+]1CCCCCC1. The van der Waals surface area contributed by atoms with Gasteiger partial charge in [0.05, 0.1) is 19.6 Å². The number of hydrogen-bond acceptors (Lipinski definition) is 3. The number of quaternary nitrogens is 1. The first-order valence-corrected chi connectivity index (χ1v) is 7.37. The molecule has 0 aromatic carbocycles. The Morgan fingerprint density at radius 1 is 1.06 bits per heavy atom. The van der Waals surface area contributed by atoms with Crippen LogP contribution in [0.15, 0.2) is 5.16 Å². The molecule has 1 fully saturated rings. The Hall–Kier alpha value is -0.900. The smallest absolute Gasteiger partial charge is 0.177 e. The van der Waals surface area contributed by atoms with Gasteiger partial charge in [-0.15, -0.1) is 0 Å². The molecule has 0 bridgehead atoms. The van der Waals surface area contributed by atoms with E-state index in [1.54, 1.807) is 4.90 Å². The van der Waals surface area contributed by atoms with Gasteiger partial charge in [-0.1, -0.05) is 11.6 Å². The highest BCUT2D eigenvalue weighted by Crippen LogP contribution is 2.03. The molecule has 0 aliphatic carbocycles. The molecule has 1 rings (SSSR count). The highest BCUT2D eigenvalue weighted by molar-refractivity contribution is 6.27. The van der Waals surface area contributed by atoms with E-state index in [9.17, 15) is 4.79 Å². The quantitative estimate of drug-likeness (QED) is 0.298. The summed E-state index contributed by atoms with van der Waals surface area (Å²) in [7, 11) is 0. The normalized spacial score (nSPS) is 18.0. The van der Waals surface area contributed by atoms with Crippen molar-refractivity contribution in [3.63, 3.8) is 0 Å². The molecular formula is C14H27N2O2+. The lowest BCUT2D eigenvalue weighted by Crippen LogP contribution is -3.11. The molecule has 0 aromatic rings. The Bertz CT molecular complexity index is 246. The van der Waals surface area contributed by atoms with Crippen LogP contribution in [0.1, 0.15) is 57.8 Å². The van der Waals surface area contributed by atoms with E-state index in [-0.39, 0.29) is 5.78 Å². The second kappa shape index (κ2) is 10.1. The Morgan fingerprint density at radius 3 is 2.39 bits per heavy atom. The number of nitrogens with zero attached hydrogens (tertiary/aromatic N) is 1. The minimum Gasteiger partial charge on any atom is -0.411 e. The van der Waals surface area contributed by atoms with Crippen LogP contribution < -0.4 is 4.90 Å². The summed E-state index contributed by atoms with van der Waals surface area (Å²) in [6, 6.07) is 0. The molecule has 1 heterocycles. The molecule has 4 heteroatoms. The molecule has 0 unspecified atom stereocenters. The molecule has 0 atom stereocenters. The van der Waals surface area contributed by atoms with E-state index in [0.29, 0.717) is 6.42 Å². The number of unbranched alkanes of at least 4 members (excludes halogenated alkanes) is 3. The van der Waals surface area contributed by atoms with Crippen molar-refractivity contribution in [3.05, 3.63) is 0 Å². The van der Waals surface area contributed by atoms with Crippen LogP contribution in [-0.2, 0) is 4.79 Å². The highest BCUT2D eigenvalue weighted by atomic mass is 16.4. The average molecular weight is 255 g/mol. The fraction of sp³-hybridized carbons (Fsp3) is 0.857. The lowest BCUT2D eigenvalue weighted by molar-refractivity contribution is -0.899. The van der Waals surface area contributed by atoms with Gasteiger partial charge in [-0.25, -0.2) is 0 Å². The monoisotopic (exact) mass is 255 g/mol. The van der Waals surface area contributed by atoms with Gasteiger partial charge in [-0.05, 0) is 44.9 Å². The zero-order chi connectivity index (χ0) is 13.1. The van der Waals surface area contributed by atoms with E-state index >= 15 is 0 Å². The molecule has 0 saturated carbocycles. The van der Waals surface area contributed by atoms with Gasteiger partial charge in [0.1, 0.15) is 6.21 Å². The van der Waals surface area contributed by atoms with E-state index in [2.05, 4.69) is 5.16 Å². The minimum absolute atomic E-state index is 0.0735. The number of nitrogens with one attached hydrogen (secondary N) is 1. The van der Waals surface area contributed by atoms with Gasteiger partial charge < -0.3 is 10.1 Å². The Morgan fingerprint density at radius 2 is 1.72 bits per heavy atom. The zero-order valence-electron chi connectivity index (χ0n) is 11.4. The summed E-state index contributed by atoms with van der Waals surface area (Å²) in [4.78, 5) is 12.8. The van der Waals surface area contributed by atoms with Crippen molar-refractivity contribution < 1.29 is 14.9 Å². The summed E-state index contributed by atoms with van der Waals surface area (Å²) in [6.07, 6.45) is 11.6. The maximum atomic E-state index is 11.0. The van der Waals surface area contributed by atoms with Crippen LogP contribution in [-0.4, -0.2) is 36.8 Å².